The van der Waals surface area contributed by atoms with E-state index in [1.165, 1.54) is 0 Å². The first-order chi connectivity index (χ1) is 11.0. The average Bonchev–Trinajstić information content (AvgIpc) is 2.60. The summed E-state index contributed by atoms with van der Waals surface area (Å²) >= 11 is 0. The topological polar surface area (TPSA) is 35.5 Å². The van der Waals surface area contributed by atoms with Crippen molar-refractivity contribution in [3.63, 3.8) is 0 Å². The zero-order valence-corrected chi connectivity index (χ0v) is 14.8. The molecule has 0 spiro atoms. The number of carbonyl (C=O) groups excluding carboxylic acids is 1. The molecule has 2 atom stereocenters. The van der Waals surface area contributed by atoms with E-state index < -0.39 is 7.49 Å². The zero-order chi connectivity index (χ0) is 16.7. The number of benzene rings is 2. The summed E-state index contributed by atoms with van der Waals surface area (Å²) in [4.78, 5) is 12.4. The molecule has 2 aromatic rings. The molecule has 2 aromatic carbocycles. The van der Waals surface area contributed by atoms with Crippen LogP contribution in [0.3, 0.4) is 0 Å². The van der Waals surface area contributed by atoms with Crippen molar-refractivity contribution >= 4 is 13.5 Å². The van der Waals surface area contributed by atoms with Crippen molar-refractivity contribution in [2.45, 2.75) is 26.1 Å². The number of hydrogen-bond donors (Lipinski definition) is 0. The Morgan fingerprint density at radius 3 is 2.17 bits per heavy atom. The van der Waals surface area contributed by atoms with Crippen LogP contribution in [0.4, 0.5) is 0 Å². The fourth-order valence-corrected chi connectivity index (χ4v) is 4.17. The van der Waals surface area contributed by atoms with Crippen LogP contribution in [0.15, 0.2) is 60.7 Å². The molecule has 0 N–H and O–H groups in total. The van der Waals surface area contributed by atoms with Gasteiger partial charge in [0.1, 0.15) is 6.61 Å². The summed E-state index contributed by atoms with van der Waals surface area (Å²) in [5.41, 5.74) is 0.741. The highest BCUT2D eigenvalue weighted by Gasteiger charge is 2.45. The number of rotatable bonds is 7. The zero-order valence-electron chi connectivity index (χ0n) is 13.9. The van der Waals surface area contributed by atoms with Crippen molar-refractivity contribution in [1.29, 1.82) is 0 Å². The molecule has 122 valence electrons. The number of carbonyl (C=O) groups is 1. The van der Waals surface area contributed by atoms with Gasteiger partial charge in [-0.15, -0.1) is 0 Å². The molecule has 0 saturated carbocycles. The summed E-state index contributed by atoms with van der Waals surface area (Å²) in [5, 5.41) is 0. The van der Waals surface area contributed by atoms with Crippen LogP contribution in [0, 0.1) is 0 Å². The molecule has 1 unspecified atom stereocenters. The second-order valence-corrected chi connectivity index (χ2v) is 9.60. The summed E-state index contributed by atoms with van der Waals surface area (Å²) in [5.74, 6) is 0.621. The molecule has 2 rings (SSSR count). The molecular weight excluding hydrogens is 307 g/mol. The van der Waals surface area contributed by atoms with Gasteiger partial charge in [-0.05, 0) is 31.5 Å². The van der Waals surface area contributed by atoms with Gasteiger partial charge in [-0.2, -0.15) is 0 Å². The lowest BCUT2D eigenvalue weighted by Gasteiger charge is -2.25. The van der Waals surface area contributed by atoms with Crippen LogP contribution in [0.25, 0.3) is 0 Å². The number of para-hydroxylation sites is 1. The van der Waals surface area contributed by atoms with Crippen LogP contribution in [-0.4, -0.2) is 24.5 Å². The van der Waals surface area contributed by atoms with Crippen molar-refractivity contribution in [1.82, 2.24) is 0 Å². The first-order valence-corrected chi connectivity index (χ1v) is 10.3. The maximum absolute atomic E-state index is 12.4. The standard InChI is InChI=1S/C19H24O3P/c1-4-23(3,22-18-13-9-6-10-14-18)16(2)19(20)21-15-17-11-7-5-8-12-17/h5-14,16H,4,15H2,1-3H3/q+1/t16-,23?/m1/s1. The summed E-state index contributed by atoms with van der Waals surface area (Å²) in [7, 11) is -1.92. The van der Waals surface area contributed by atoms with Gasteiger partial charge in [-0.25, -0.2) is 4.79 Å². The van der Waals surface area contributed by atoms with E-state index in [0.717, 1.165) is 17.5 Å². The highest BCUT2D eigenvalue weighted by molar-refractivity contribution is 7.72. The lowest BCUT2D eigenvalue weighted by atomic mass is 10.2. The van der Waals surface area contributed by atoms with Crippen LogP contribution >= 0.6 is 7.49 Å². The van der Waals surface area contributed by atoms with Crippen molar-refractivity contribution in [3.05, 3.63) is 66.2 Å². The smallest absolute Gasteiger partial charge is 0.350 e. The maximum atomic E-state index is 12.4. The van der Waals surface area contributed by atoms with Crippen LogP contribution in [-0.2, 0) is 16.1 Å². The Morgan fingerprint density at radius 1 is 1.04 bits per heavy atom. The Labute approximate surface area is 139 Å². The van der Waals surface area contributed by atoms with Gasteiger partial charge in [0.25, 0.3) is 0 Å². The second kappa shape index (κ2) is 8.12. The minimum absolute atomic E-state index is 0.192. The van der Waals surface area contributed by atoms with Crippen molar-refractivity contribution in [2.24, 2.45) is 0 Å². The molecule has 0 radical (unpaired) electrons. The highest BCUT2D eigenvalue weighted by atomic mass is 31.2. The van der Waals surface area contributed by atoms with Crippen molar-refractivity contribution in [2.75, 3.05) is 12.8 Å². The first kappa shape index (κ1) is 17.5. The predicted molar refractivity (Wildman–Crippen MR) is 96.2 cm³/mol. The van der Waals surface area contributed by atoms with E-state index >= 15 is 0 Å². The van der Waals surface area contributed by atoms with Crippen molar-refractivity contribution in [3.8, 4) is 5.75 Å². The monoisotopic (exact) mass is 331 g/mol. The molecule has 0 fully saturated rings. The molecule has 23 heavy (non-hydrogen) atoms. The van der Waals surface area contributed by atoms with Gasteiger partial charge >= 0.3 is 5.97 Å². The molecule has 0 saturated heterocycles. The molecule has 0 aliphatic carbocycles. The Kier molecular flexibility index (Phi) is 6.18. The van der Waals surface area contributed by atoms with Gasteiger partial charge in [-0.1, -0.05) is 48.5 Å². The van der Waals surface area contributed by atoms with Gasteiger partial charge < -0.3 is 9.26 Å². The number of hydrogen-bond acceptors (Lipinski definition) is 3. The molecule has 0 aliphatic rings. The summed E-state index contributed by atoms with van der Waals surface area (Å²) in [6.07, 6.45) is 0.823. The molecule has 0 heterocycles. The van der Waals surface area contributed by atoms with Gasteiger partial charge in [0.05, 0.1) is 12.8 Å². The van der Waals surface area contributed by atoms with E-state index in [1.807, 2.05) is 67.6 Å². The first-order valence-electron chi connectivity index (χ1n) is 7.85. The molecule has 0 bridgehead atoms. The maximum Gasteiger partial charge on any atom is 0.350 e. The van der Waals surface area contributed by atoms with Gasteiger partial charge in [-0.3, -0.25) is 0 Å². The van der Waals surface area contributed by atoms with Crippen LogP contribution in [0.5, 0.6) is 5.75 Å². The third-order valence-electron chi connectivity index (χ3n) is 4.07. The third kappa shape index (κ3) is 4.80. The fourth-order valence-electron chi connectivity index (χ4n) is 2.21. The lowest BCUT2D eigenvalue weighted by molar-refractivity contribution is -0.144. The Hall–Kier alpha value is -1.86. The van der Waals surface area contributed by atoms with E-state index in [2.05, 4.69) is 13.6 Å². The van der Waals surface area contributed by atoms with Crippen LogP contribution in [0.1, 0.15) is 19.4 Å². The molecular formula is C19H24O3P+. The quantitative estimate of drug-likeness (QED) is 0.541. The van der Waals surface area contributed by atoms with Crippen LogP contribution < -0.4 is 4.52 Å². The number of esters is 1. The summed E-state index contributed by atoms with van der Waals surface area (Å²) in [6, 6.07) is 19.4. The second-order valence-electron chi connectivity index (χ2n) is 5.66. The highest BCUT2D eigenvalue weighted by Crippen LogP contribution is 2.60. The minimum Gasteiger partial charge on any atom is -0.458 e. The van der Waals surface area contributed by atoms with E-state index in [9.17, 15) is 4.79 Å². The molecule has 3 nitrogen and oxygen atoms in total. The van der Waals surface area contributed by atoms with E-state index in [1.54, 1.807) is 0 Å². The predicted octanol–water partition coefficient (Wildman–Crippen LogP) is 4.78. The van der Waals surface area contributed by atoms with Crippen molar-refractivity contribution < 1.29 is 14.1 Å². The summed E-state index contributed by atoms with van der Waals surface area (Å²) in [6.45, 7) is 6.35. The SMILES string of the molecule is CC[P+](C)(Oc1ccccc1)[C@H](C)C(=O)OCc1ccccc1. The Balaban J connectivity index is 2.00. The number of ether oxygens (including phenoxy) is 1. The van der Waals surface area contributed by atoms with Gasteiger partial charge in [0.2, 0.25) is 7.49 Å². The normalized spacial score (nSPS) is 14.6. The summed E-state index contributed by atoms with van der Waals surface area (Å²) < 4.78 is 11.7. The van der Waals surface area contributed by atoms with E-state index in [-0.39, 0.29) is 11.6 Å². The Bertz CT molecular complexity index is 615. The Morgan fingerprint density at radius 2 is 1.61 bits per heavy atom. The average molecular weight is 331 g/mol. The van der Waals surface area contributed by atoms with Crippen LogP contribution in [0.2, 0.25) is 0 Å². The van der Waals surface area contributed by atoms with Gasteiger partial charge in [0, 0.05) is 0 Å². The molecule has 0 amide bonds. The lowest BCUT2D eigenvalue weighted by Crippen LogP contribution is -2.27. The van der Waals surface area contributed by atoms with E-state index in [0.29, 0.717) is 6.61 Å². The largest absolute Gasteiger partial charge is 0.458 e. The molecule has 4 heteroatoms. The minimum atomic E-state index is -1.92. The van der Waals surface area contributed by atoms with Gasteiger partial charge in [0.15, 0.2) is 11.4 Å². The molecule has 0 aliphatic heterocycles. The van der Waals surface area contributed by atoms with E-state index in [4.69, 9.17) is 9.26 Å². The fraction of sp³-hybridized carbons (Fsp3) is 0.316. The third-order valence-corrected chi connectivity index (χ3v) is 7.80. The molecule has 0 aromatic heterocycles.